The lowest BCUT2D eigenvalue weighted by atomic mass is 9.70. The van der Waals surface area contributed by atoms with Crippen molar-refractivity contribution in [2.24, 2.45) is 11.3 Å². The Bertz CT molecular complexity index is 733. The van der Waals surface area contributed by atoms with E-state index in [9.17, 15) is 4.79 Å². The minimum atomic E-state index is -0.146. The average Bonchev–Trinajstić information content (AvgIpc) is 2.94. The highest BCUT2D eigenvalue weighted by atomic mass is 16.5. The molecule has 2 aromatic rings. The van der Waals surface area contributed by atoms with E-state index in [0.29, 0.717) is 17.4 Å². The zero-order valence-electron chi connectivity index (χ0n) is 14.9. The third kappa shape index (κ3) is 3.86. The largest absolute Gasteiger partial charge is 0.355 e. The second-order valence-corrected chi connectivity index (χ2v) is 8.03. The number of carbonyl (C=O) groups excluding carboxylic acids is 1. The monoisotopic (exact) mass is 326 g/mol. The fourth-order valence-electron chi connectivity index (χ4n) is 4.03. The number of aromatic nitrogens is 1. The molecule has 0 spiro atoms. The van der Waals surface area contributed by atoms with Crippen LogP contribution < -0.4 is 5.32 Å². The molecule has 0 bridgehead atoms. The van der Waals surface area contributed by atoms with E-state index in [4.69, 9.17) is 4.52 Å². The van der Waals surface area contributed by atoms with Crippen LogP contribution in [0.4, 0.5) is 0 Å². The van der Waals surface area contributed by atoms with Gasteiger partial charge in [0.2, 0.25) is 0 Å². The molecule has 2 atom stereocenters. The van der Waals surface area contributed by atoms with Gasteiger partial charge in [-0.25, -0.2) is 0 Å². The molecule has 1 aromatic heterocycles. The first-order valence-corrected chi connectivity index (χ1v) is 8.67. The minimum Gasteiger partial charge on any atom is -0.355 e. The van der Waals surface area contributed by atoms with E-state index < -0.39 is 0 Å². The van der Waals surface area contributed by atoms with Gasteiger partial charge in [-0.05, 0) is 43.6 Å². The van der Waals surface area contributed by atoms with Gasteiger partial charge in [0.25, 0.3) is 5.91 Å². The Morgan fingerprint density at radius 2 is 2.08 bits per heavy atom. The SMILES string of the molecule is Cc1cccc(-c2cc(C(=O)NC3CC(C)CC(C)(C)C3)no2)c1. The molecule has 3 rings (SSSR count). The maximum Gasteiger partial charge on any atom is 0.273 e. The second kappa shape index (κ2) is 6.42. The Hall–Kier alpha value is -2.10. The lowest BCUT2D eigenvalue weighted by molar-refractivity contribution is 0.0865. The molecule has 1 aromatic carbocycles. The van der Waals surface area contributed by atoms with Crippen molar-refractivity contribution in [2.45, 2.75) is 53.0 Å². The van der Waals surface area contributed by atoms with Crippen LogP contribution in [0.2, 0.25) is 0 Å². The van der Waals surface area contributed by atoms with Gasteiger partial charge in [0.1, 0.15) is 0 Å². The maximum absolute atomic E-state index is 12.5. The standard InChI is InChI=1S/C20H26N2O2/c1-13-6-5-7-15(8-13)18-10-17(22-24-18)19(23)21-16-9-14(2)11-20(3,4)12-16/h5-8,10,14,16H,9,11-12H2,1-4H3,(H,21,23). The smallest absolute Gasteiger partial charge is 0.273 e. The summed E-state index contributed by atoms with van der Waals surface area (Å²) in [5.41, 5.74) is 2.71. The Morgan fingerprint density at radius 3 is 2.79 bits per heavy atom. The summed E-state index contributed by atoms with van der Waals surface area (Å²) in [7, 11) is 0. The Morgan fingerprint density at radius 1 is 1.29 bits per heavy atom. The Labute approximate surface area is 143 Å². The molecule has 128 valence electrons. The van der Waals surface area contributed by atoms with Crippen molar-refractivity contribution >= 4 is 5.91 Å². The first-order valence-electron chi connectivity index (χ1n) is 8.67. The van der Waals surface area contributed by atoms with Crippen LogP contribution in [0, 0.1) is 18.3 Å². The quantitative estimate of drug-likeness (QED) is 0.897. The maximum atomic E-state index is 12.5. The van der Waals surface area contributed by atoms with E-state index in [-0.39, 0.29) is 17.4 Å². The lowest BCUT2D eigenvalue weighted by Crippen LogP contribution is -2.43. The van der Waals surface area contributed by atoms with E-state index in [1.807, 2.05) is 31.2 Å². The van der Waals surface area contributed by atoms with Crippen molar-refractivity contribution in [1.82, 2.24) is 10.5 Å². The molecule has 1 N–H and O–H groups in total. The van der Waals surface area contributed by atoms with Crippen LogP contribution >= 0.6 is 0 Å². The highest BCUT2D eigenvalue weighted by Gasteiger charge is 2.33. The zero-order chi connectivity index (χ0) is 17.3. The molecule has 4 heteroatoms. The summed E-state index contributed by atoms with van der Waals surface area (Å²) in [5.74, 6) is 1.10. The summed E-state index contributed by atoms with van der Waals surface area (Å²) in [6, 6.07) is 9.91. The van der Waals surface area contributed by atoms with Gasteiger partial charge in [-0.2, -0.15) is 0 Å². The molecule has 24 heavy (non-hydrogen) atoms. The van der Waals surface area contributed by atoms with E-state index in [1.165, 1.54) is 6.42 Å². The molecule has 1 aliphatic rings. The van der Waals surface area contributed by atoms with Crippen molar-refractivity contribution in [2.75, 3.05) is 0 Å². The summed E-state index contributed by atoms with van der Waals surface area (Å²) in [4.78, 5) is 12.5. The van der Waals surface area contributed by atoms with Crippen molar-refractivity contribution < 1.29 is 9.32 Å². The third-order valence-electron chi connectivity index (χ3n) is 4.77. The van der Waals surface area contributed by atoms with Gasteiger partial charge in [-0.3, -0.25) is 4.79 Å². The predicted octanol–water partition coefficient (Wildman–Crippen LogP) is 4.59. The van der Waals surface area contributed by atoms with Crippen molar-refractivity contribution in [3.8, 4) is 11.3 Å². The molecule has 1 fully saturated rings. The molecular formula is C20H26N2O2. The fourth-order valence-corrected chi connectivity index (χ4v) is 4.03. The number of aryl methyl sites for hydroxylation is 1. The van der Waals surface area contributed by atoms with Crippen LogP contribution in [-0.2, 0) is 0 Å². The first-order chi connectivity index (χ1) is 11.3. The molecule has 0 aliphatic heterocycles. The number of rotatable bonds is 3. The number of hydrogen-bond acceptors (Lipinski definition) is 3. The summed E-state index contributed by atoms with van der Waals surface area (Å²) >= 11 is 0. The van der Waals surface area contributed by atoms with Gasteiger partial charge in [0.05, 0.1) is 0 Å². The predicted molar refractivity (Wildman–Crippen MR) is 94.7 cm³/mol. The average molecular weight is 326 g/mol. The lowest BCUT2D eigenvalue weighted by Gasteiger charge is -2.39. The normalized spacial score (nSPS) is 23.0. The van der Waals surface area contributed by atoms with Crippen molar-refractivity contribution in [3.05, 3.63) is 41.6 Å². The number of nitrogens with one attached hydrogen (secondary N) is 1. The van der Waals surface area contributed by atoms with Crippen LogP contribution in [0.25, 0.3) is 11.3 Å². The molecule has 1 heterocycles. The molecule has 0 radical (unpaired) electrons. The third-order valence-corrected chi connectivity index (χ3v) is 4.77. The van der Waals surface area contributed by atoms with Crippen LogP contribution in [-0.4, -0.2) is 17.1 Å². The molecular weight excluding hydrogens is 300 g/mol. The second-order valence-electron chi connectivity index (χ2n) is 8.03. The highest BCUT2D eigenvalue weighted by molar-refractivity contribution is 5.93. The number of carbonyl (C=O) groups is 1. The highest BCUT2D eigenvalue weighted by Crippen LogP contribution is 2.38. The van der Waals surface area contributed by atoms with Gasteiger partial charge < -0.3 is 9.84 Å². The number of benzene rings is 1. The van der Waals surface area contributed by atoms with Gasteiger partial charge >= 0.3 is 0 Å². The van der Waals surface area contributed by atoms with E-state index in [1.54, 1.807) is 6.07 Å². The molecule has 1 amide bonds. The van der Waals surface area contributed by atoms with Crippen molar-refractivity contribution in [1.29, 1.82) is 0 Å². The van der Waals surface area contributed by atoms with E-state index in [0.717, 1.165) is 24.0 Å². The molecule has 1 saturated carbocycles. The first kappa shape index (κ1) is 16.7. The zero-order valence-corrected chi connectivity index (χ0v) is 14.9. The van der Waals surface area contributed by atoms with E-state index >= 15 is 0 Å². The minimum absolute atomic E-state index is 0.146. The van der Waals surface area contributed by atoms with E-state index in [2.05, 4.69) is 31.2 Å². The Kier molecular flexibility index (Phi) is 4.48. The number of amides is 1. The van der Waals surface area contributed by atoms with Gasteiger partial charge in [0.15, 0.2) is 11.5 Å². The topological polar surface area (TPSA) is 55.1 Å². The summed E-state index contributed by atoms with van der Waals surface area (Å²) < 4.78 is 5.37. The molecule has 4 nitrogen and oxygen atoms in total. The molecule has 2 unspecified atom stereocenters. The number of hydrogen-bond donors (Lipinski definition) is 1. The van der Waals surface area contributed by atoms with Crippen LogP contribution in [0.5, 0.6) is 0 Å². The summed E-state index contributed by atoms with van der Waals surface area (Å²) in [6.07, 6.45) is 3.24. The molecule has 1 aliphatic carbocycles. The fraction of sp³-hybridized carbons (Fsp3) is 0.500. The van der Waals surface area contributed by atoms with Crippen LogP contribution in [0.3, 0.4) is 0 Å². The number of nitrogens with zero attached hydrogens (tertiary/aromatic N) is 1. The molecule has 0 saturated heterocycles. The van der Waals surface area contributed by atoms with Crippen LogP contribution in [0.1, 0.15) is 56.1 Å². The van der Waals surface area contributed by atoms with Crippen molar-refractivity contribution in [3.63, 3.8) is 0 Å². The van der Waals surface area contributed by atoms with Gasteiger partial charge in [-0.1, -0.05) is 49.7 Å². The van der Waals surface area contributed by atoms with Gasteiger partial charge in [0, 0.05) is 17.7 Å². The summed E-state index contributed by atoms with van der Waals surface area (Å²) in [6.45, 7) is 8.83. The van der Waals surface area contributed by atoms with Gasteiger partial charge in [-0.15, -0.1) is 0 Å². The summed E-state index contributed by atoms with van der Waals surface area (Å²) in [5, 5.41) is 7.09. The Balaban J connectivity index is 1.70. The van der Waals surface area contributed by atoms with Crippen LogP contribution in [0.15, 0.2) is 34.9 Å².